The molecule has 0 spiro atoms. The number of halogens is 2. The van der Waals surface area contributed by atoms with Gasteiger partial charge in [0.2, 0.25) is 0 Å². The van der Waals surface area contributed by atoms with Crippen molar-refractivity contribution in [3.63, 3.8) is 0 Å². The van der Waals surface area contributed by atoms with Gasteiger partial charge in [0.25, 0.3) is 5.56 Å². The van der Waals surface area contributed by atoms with E-state index in [2.05, 4.69) is 4.98 Å². The second-order valence-corrected chi connectivity index (χ2v) is 6.74. The fraction of sp³-hybridized carbons (Fsp3) is 0.562. The number of hydrogen-bond donors (Lipinski definition) is 4. The van der Waals surface area contributed by atoms with E-state index in [0.29, 0.717) is 0 Å². The highest BCUT2D eigenvalue weighted by Crippen LogP contribution is 2.28. The van der Waals surface area contributed by atoms with Crippen LogP contribution in [-0.4, -0.2) is 56.7 Å². The Bertz CT molecular complexity index is 823. The van der Waals surface area contributed by atoms with Crippen molar-refractivity contribution in [1.82, 2.24) is 9.55 Å². The molecule has 12 heteroatoms. The molecule has 1 fully saturated rings. The number of nitrogens with one attached hydrogen (secondary N) is 1. The predicted octanol–water partition coefficient (Wildman–Crippen LogP) is -0.686. The van der Waals surface area contributed by atoms with Crippen molar-refractivity contribution < 1.29 is 24.5 Å². The van der Waals surface area contributed by atoms with Crippen molar-refractivity contribution >= 4 is 36.1 Å². The maximum Gasteiger partial charge on any atom is 0.330 e. The molecule has 5 atom stereocenters. The average molecular weight is 440 g/mol. The summed E-state index contributed by atoms with van der Waals surface area (Å²) in [6, 6.07) is -0.837. The summed E-state index contributed by atoms with van der Waals surface area (Å²) in [5, 5.41) is 20.4. The quantitative estimate of drug-likeness (QED) is 0.424. The van der Waals surface area contributed by atoms with Gasteiger partial charge in [0.15, 0.2) is 6.23 Å². The SMILES string of the molecule is CC(C)C(N)C(=O)OC[C@H]1O[C@@H](n2cc(/C=C/Cl)c(=O)[nH]c2=O)[C@@H](O)[C@@H]1O.Cl. The molecule has 0 saturated carbocycles. The minimum atomic E-state index is -1.50. The van der Waals surface area contributed by atoms with Crippen molar-refractivity contribution in [3.8, 4) is 0 Å². The smallest absolute Gasteiger partial charge is 0.330 e. The minimum Gasteiger partial charge on any atom is -0.462 e. The number of carbonyl (C=O) groups is 1. The van der Waals surface area contributed by atoms with Gasteiger partial charge in [-0.05, 0) is 12.0 Å². The molecule has 10 nitrogen and oxygen atoms in total. The Labute approximate surface area is 171 Å². The van der Waals surface area contributed by atoms with Gasteiger partial charge < -0.3 is 25.4 Å². The lowest BCUT2D eigenvalue weighted by molar-refractivity contribution is -0.152. The third kappa shape index (κ3) is 5.22. The third-order valence-electron chi connectivity index (χ3n) is 4.23. The van der Waals surface area contributed by atoms with Gasteiger partial charge in [-0.2, -0.15) is 0 Å². The molecule has 0 bridgehead atoms. The van der Waals surface area contributed by atoms with Crippen LogP contribution in [0.5, 0.6) is 0 Å². The van der Waals surface area contributed by atoms with Crippen LogP contribution in [0.15, 0.2) is 21.3 Å². The lowest BCUT2D eigenvalue weighted by atomic mass is 10.1. The van der Waals surface area contributed by atoms with Crippen molar-refractivity contribution in [2.24, 2.45) is 11.7 Å². The number of aromatic amines is 1. The highest BCUT2D eigenvalue weighted by molar-refractivity contribution is 6.27. The standard InChI is InChI=1S/C16H22ClN3O7.ClH/c1-7(2)10(18)15(24)26-6-9-11(21)12(22)14(27-9)20-5-8(3-4-17)13(23)19-16(20)25;/h3-5,7,9-12,14,21-22H,6,18H2,1-2H3,(H,19,23,25);1H/b4-3+;/t9-,10?,11-,12+,14-;/m1./s1. The molecule has 1 saturated heterocycles. The molecule has 1 aromatic rings. The Kier molecular flexibility index (Phi) is 8.86. The number of aliphatic hydroxyl groups is 2. The number of ether oxygens (including phenoxy) is 2. The van der Waals surface area contributed by atoms with E-state index < -0.39 is 47.8 Å². The van der Waals surface area contributed by atoms with Crippen molar-refractivity contribution in [3.05, 3.63) is 38.1 Å². The van der Waals surface area contributed by atoms with E-state index in [1.165, 1.54) is 6.08 Å². The lowest BCUT2D eigenvalue weighted by Gasteiger charge is -2.18. The first-order valence-corrected chi connectivity index (χ1v) is 8.67. The summed E-state index contributed by atoms with van der Waals surface area (Å²) in [6.45, 7) is 3.14. The first-order chi connectivity index (χ1) is 12.7. The van der Waals surface area contributed by atoms with Gasteiger partial charge in [-0.1, -0.05) is 25.4 Å². The maximum absolute atomic E-state index is 12.0. The van der Waals surface area contributed by atoms with Gasteiger partial charge in [-0.3, -0.25) is 19.1 Å². The van der Waals surface area contributed by atoms with E-state index in [1.807, 2.05) is 0 Å². The average Bonchev–Trinajstić information content (AvgIpc) is 2.89. The summed E-state index contributed by atoms with van der Waals surface area (Å²) < 4.78 is 11.4. The number of rotatable bonds is 6. The molecule has 2 rings (SSSR count). The van der Waals surface area contributed by atoms with Crippen LogP contribution in [0.2, 0.25) is 0 Å². The van der Waals surface area contributed by atoms with Crippen molar-refractivity contribution in [1.29, 1.82) is 0 Å². The second kappa shape index (κ2) is 10.2. The molecule has 1 unspecified atom stereocenters. The molecule has 2 heterocycles. The summed E-state index contributed by atoms with van der Waals surface area (Å²) in [5.74, 6) is -0.812. The predicted molar refractivity (Wildman–Crippen MR) is 103 cm³/mol. The Balaban J connectivity index is 0.00000392. The number of H-pyrrole nitrogens is 1. The van der Waals surface area contributed by atoms with E-state index in [1.54, 1.807) is 13.8 Å². The summed E-state index contributed by atoms with van der Waals surface area (Å²) in [5.41, 5.74) is 5.30. The van der Waals surface area contributed by atoms with E-state index in [4.69, 9.17) is 26.8 Å². The molecule has 1 aromatic heterocycles. The zero-order valence-electron chi connectivity index (χ0n) is 15.1. The molecule has 0 aliphatic carbocycles. The second-order valence-electron chi connectivity index (χ2n) is 6.49. The lowest BCUT2D eigenvalue weighted by Crippen LogP contribution is -2.40. The zero-order valence-corrected chi connectivity index (χ0v) is 16.7. The highest BCUT2D eigenvalue weighted by atomic mass is 35.5. The number of aliphatic hydroxyl groups excluding tert-OH is 2. The van der Waals surface area contributed by atoms with E-state index in [0.717, 1.165) is 16.3 Å². The number of carbonyl (C=O) groups excluding carboxylic acids is 1. The van der Waals surface area contributed by atoms with E-state index in [9.17, 15) is 24.6 Å². The molecule has 5 N–H and O–H groups in total. The van der Waals surface area contributed by atoms with Gasteiger partial charge in [-0.25, -0.2) is 4.79 Å². The van der Waals surface area contributed by atoms with E-state index >= 15 is 0 Å². The fourth-order valence-corrected chi connectivity index (χ4v) is 2.64. The summed E-state index contributed by atoms with van der Waals surface area (Å²) >= 11 is 5.45. The Morgan fingerprint density at radius 3 is 2.64 bits per heavy atom. The maximum atomic E-state index is 12.0. The van der Waals surface area contributed by atoms with E-state index in [-0.39, 0.29) is 30.5 Å². The molecule has 0 aromatic carbocycles. The molecular weight excluding hydrogens is 417 g/mol. The molecule has 28 heavy (non-hydrogen) atoms. The van der Waals surface area contributed by atoms with Crippen LogP contribution in [0.3, 0.4) is 0 Å². The monoisotopic (exact) mass is 439 g/mol. The normalized spacial score (nSPS) is 25.7. The molecule has 1 aliphatic rings. The molecule has 0 amide bonds. The minimum absolute atomic E-state index is 0. The van der Waals surface area contributed by atoms with Crippen LogP contribution in [-0.2, 0) is 14.3 Å². The van der Waals surface area contributed by atoms with Gasteiger partial charge in [0.1, 0.15) is 31.0 Å². The number of aromatic nitrogens is 2. The zero-order chi connectivity index (χ0) is 20.3. The van der Waals surface area contributed by atoms with Crippen LogP contribution in [0, 0.1) is 5.92 Å². The molecular formula is C16H23Cl2N3O7. The first-order valence-electron chi connectivity index (χ1n) is 8.23. The Morgan fingerprint density at radius 1 is 1.43 bits per heavy atom. The first kappa shape index (κ1) is 24.3. The molecule has 0 radical (unpaired) electrons. The fourth-order valence-electron chi connectivity index (χ4n) is 2.51. The molecule has 158 valence electrons. The largest absolute Gasteiger partial charge is 0.462 e. The molecule has 1 aliphatic heterocycles. The summed E-state index contributed by atoms with van der Waals surface area (Å²) in [7, 11) is 0. The Morgan fingerprint density at radius 2 is 2.07 bits per heavy atom. The van der Waals surface area contributed by atoms with Crippen molar-refractivity contribution in [2.45, 2.75) is 44.4 Å². The Hall–Kier alpha value is -1.69. The number of esters is 1. The third-order valence-corrected chi connectivity index (χ3v) is 4.36. The van der Waals surface area contributed by atoms with Gasteiger partial charge in [0.05, 0.1) is 5.56 Å². The van der Waals surface area contributed by atoms with Crippen molar-refractivity contribution in [2.75, 3.05) is 6.61 Å². The van der Waals surface area contributed by atoms with Gasteiger partial charge in [-0.15, -0.1) is 12.4 Å². The van der Waals surface area contributed by atoms with Gasteiger partial charge in [0, 0.05) is 11.7 Å². The van der Waals surface area contributed by atoms with Crippen LogP contribution >= 0.6 is 24.0 Å². The van der Waals surface area contributed by atoms with Gasteiger partial charge >= 0.3 is 11.7 Å². The van der Waals surface area contributed by atoms with Crippen LogP contribution < -0.4 is 17.0 Å². The topological polar surface area (TPSA) is 157 Å². The number of nitrogens with zero attached hydrogens (tertiary/aromatic N) is 1. The number of hydrogen-bond acceptors (Lipinski definition) is 8. The summed E-state index contributed by atoms with van der Waals surface area (Å²) in [4.78, 5) is 37.6. The van der Waals surface area contributed by atoms with Crippen LogP contribution in [0.25, 0.3) is 6.08 Å². The van der Waals surface area contributed by atoms with Crippen LogP contribution in [0.4, 0.5) is 0 Å². The summed E-state index contributed by atoms with van der Waals surface area (Å²) in [6.07, 6.45) is -2.91. The van der Waals surface area contributed by atoms with Crippen LogP contribution in [0.1, 0.15) is 25.6 Å². The number of nitrogens with two attached hydrogens (primary N) is 1. The highest BCUT2D eigenvalue weighted by Gasteiger charge is 2.45.